The van der Waals surface area contributed by atoms with Crippen LogP contribution in [-0.4, -0.2) is 49.5 Å². The molecule has 2 aromatic carbocycles. The van der Waals surface area contributed by atoms with Crippen LogP contribution in [0.5, 0.6) is 0 Å². The smallest absolute Gasteiger partial charge is 0.324 e. The number of hydrogen-bond donors (Lipinski definition) is 2. The lowest BCUT2D eigenvalue weighted by Crippen LogP contribution is -2.42. The molecule has 11 nitrogen and oxygen atoms in total. The first-order valence-corrected chi connectivity index (χ1v) is 9.67. The van der Waals surface area contributed by atoms with Gasteiger partial charge in [0.25, 0.3) is 5.91 Å². The third-order valence-electron chi connectivity index (χ3n) is 4.99. The molecule has 0 saturated carbocycles. The lowest BCUT2D eigenvalue weighted by atomic mass is 9.91. The summed E-state index contributed by atoms with van der Waals surface area (Å²) in [5.41, 5.74) is 0.329. The normalized spacial score (nSPS) is 17.7. The van der Waals surface area contributed by atoms with E-state index in [1.807, 2.05) is 6.07 Å². The molecule has 0 bridgehead atoms. The zero-order valence-corrected chi connectivity index (χ0v) is 17.4. The van der Waals surface area contributed by atoms with E-state index in [1.165, 1.54) is 29.2 Å². The minimum atomic E-state index is -1.38. The number of amides is 4. The number of benzene rings is 2. The monoisotopic (exact) mass is 450 g/mol. The van der Waals surface area contributed by atoms with Gasteiger partial charge in [0.15, 0.2) is 0 Å². The molecule has 4 amide bonds. The maximum atomic E-state index is 13.1. The molecule has 0 aliphatic carbocycles. The second-order valence-corrected chi connectivity index (χ2v) is 7.51. The second kappa shape index (κ2) is 8.09. The number of halogens is 1. The molecule has 160 valence electrons. The number of anilines is 1. The lowest BCUT2D eigenvalue weighted by molar-refractivity contribution is -0.133. The highest BCUT2D eigenvalue weighted by Crippen LogP contribution is 2.30. The Morgan fingerprint density at radius 3 is 2.78 bits per heavy atom. The first-order valence-electron chi connectivity index (χ1n) is 9.29. The topological polar surface area (TPSA) is 146 Å². The summed E-state index contributed by atoms with van der Waals surface area (Å²) in [5, 5.41) is 25.3. The van der Waals surface area contributed by atoms with Crippen LogP contribution < -0.4 is 10.6 Å². The van der Waals surface area contributed by atoms with E-state index in [4.69, 9.17) is 16.9 Å². The number of nitrogens with zero attached hydrogens (tertiary/aromatic N) is 6. The summed E-state index contributed by atoms with van der Waals surface area (Å²) in [6.45, 7) is 1.06. The van der Waals surface area contributed by atoms with E-state index in [0.29, 0.717) is 16.9 Å². The van der Waals surface area contributed by atoms with Crippen molar-refractivity contribution in [3.63, 3.8) is 0 Å². The quantitative estimate of drug-likeness (QED) is 0.561. The first kappa shape index (κ1) is 21.0. The number of carbonyl (C=O) groups excluding carboxylic acids is 3. The molecule has 0 unspecified atom stereocenters. The predicted molar refractivity (Wildman–Crippen MR) is 112 cm³/mol. The lowest BCUT2D eigenvalue weighted by Gasteiger charge is -2.22. The molecule has 1 aliphatic rings. The Morgan fingerprint density at radius 2 is 2.09 bits per heavy atom. The average Bonchev–Trinajstić information content (AvgIpc) is 3.38. The van der Waals surface area contributed by atoms with Crippen LogP contribution in [0.15, 0.2) is 48.8 Å². The molecule has 1 aromatic heterocycles. The summed E-state index contributed by atoms with van der Waals surface area (Å²) in [6, 6.07) is 12.4. The fourth-order valence-corrected chi connectivity index (χ4v) is 3.53. The molecular formula is C20H15ClN8O3. The van der Waals surface area contributed by atoms with E-state index in [1.54, 1.807) is 31.2 Å². The van der Waals surface area contributed by atoms with Gasteiger partial charge in [0.1, 0.15) is 24.5 Å². The number of tetrazole rings is 1. The van der Waals surface area contributed by atoms with Gasteiger partial charge in [0.2, 0.25) is 5.91 Å². The molecule has 2 heterocycles. The van der Waals surface area contributed by atoms with Gasteiger partial charge in [-0.1, -0.05) is 23.7 Å². The second-order valence-electron chi connectivity index (χ2n) is 7.11. The summed E-state index contributed by atoms with van der Waals surface area (Å²) >= 11 is 5.97. The van der Waals surface area contributed by atoms with E-state index in [9.17, 15) is 14.4 Å². The molecule has 1 fully saturated rings. The number of rotatable bonds is 5. The average molecular weight is 451 g/mol. The van der Waals surface area contributed by atoms with E-state index in [-0.39, 0.29) is 10.6 Å². The molecule has 4 rings (SSSR count). The fourth-order valence-electron chi connectivity index (χ4n) is 3.30. The van der Waals surface area contributed by atoms with Crippen LogP contribution in [0.4, 0.5) is 10.5 Å². The van der Waals surface area contributed by atoms with E-state index in [0.717, 1.165) is 4.90 Å². The first-order chi connectivity index (χ1) is 15.3. The van der Waals surface area contributed by atoms with Crippen molar-refractivity contribution >= 4 is 35.1 Å². The molecule has 2 N–H and O–H groups in total. The molecule has 1 saturated heterocycles. The van der Waals surface area contributed by atoms with Gasteiger partial charge in [0, 0.05) is 5.69 Å². The molecule has 3 aromatic rings. The van der Waals surface area contributed by atoms with Gasteiger partial charge in [0.05, 0.1) is 16.3 Å². The van der Waals surface area contributed by atoms with Crippen LogP contribution in [0.1, 0.15) is 18.1 Å². The van der Waals surface area contributed by atoms with Crippen molar-refractivity contribution in [2.24, 2.45) is 0 Å². The van der Waals surface area contributed by atoms with Crippen molar-refractivity contribution in [2.75, 3.05) is 11.9 Å². The van der Waals surface area contributed by atoms with Crippen LogP contribution in [-0.2, 0) is 15.1 Å². The Kier molecular flexibility index (Phi) is 5.29. The highest BCUT2D eigenvalue weighted by molar-refractivity contribution is 6.32. The number of imide groups is 1. The van der Waals surface area contributed by atoms with E-state index >= 15 is 0 Å². The molecule has 0 spiro atoms. The van der Waals surface area contributed by atoms with Crippen LogP contribution in [0.3, 0.4) is 0 Å². The standard InChI is InChI=1S/C20H15ClN8O3/c1-20(13-3-2-4-15(7-13)29-11-23-26-27-29)18(31)28(19(32)25-20)10-17(30)24-14-6-5-12(9-22)16(21)8-14/h2-8,11H,10H2,1H3,(H,24,30)(H,25,32)/t20-/m0/s1. The molecular weight excluding hydrogens is 436 g/mol. The zero-order chi connectivity index (χ0) is 22.9. The van der Waals surface area contributed by atoms with Crippen molar-refractivity contribution in [3.8, 4) is 11.8 Å². The Labute approximate surface area is 186 Å². The molecule has 32 heavy (non-hydrogen) atoms. The molecule has 1 aliphatic heterocycles. The minimum Gasteiger partial charge on any atom is -0.324 e. The highest BCUT2D eigenvalue weighted by atomic mass is 35.5. The van der Waals surface area contributed by atoms with E-state index < -0.39 is 29.9 Å². The van der Waals surface area contributed by atoms with Gasteiger partial charge < -0.3 is 10.6 Å². The Morgan fingerprint density at radius 1 is 1.28 bits per heavy atom. The van der Waals surface area contributed by atoms with Gasteiger partial charge >= 0.3 is 6.03 Å². The summed E-state index contributed by atoms with van der Waals surface area (Å²) in [7, 11) is 0. The zero-order valence-electron chi connectivity index (χ0n) is 16.6. The van der Waals surface area contributed by atoms with Crippen LogP contribution in [0.2, 0.25) is 5.02 Å². The van der Waals surface area contributed by atoms with Crippen molar-refractivity contribution in [1.82, 2.24) is 30.4 Å². The van der Waals surface area contributed by atoms with E-state index in [2.05, 4.69) is 26.2 Å². The number of nitriles is 1. The fraction of sp³-hybridized carbons (Fsp3) is 0.150. The third kappa shape index (κ3) is 3.75. The number of hydrogen-bond acceptors (Lipinski definition) is 7. The van der Waals surface area contributed by atoms with Crippen LogP contribution in [0.25, 0.3) is 5.69 Å². The van der Waals surface area contributed by atoms with Crippen molar-refractivity contribution in [3.05, 3.63) is 64.9 Å². The largest absolute Gasteiger partial charge is 0.325 e. The Balaban J connectivity index is 1.51. The van der Waals surface area contributed by atoms with Crippen molar-refractivity contribution < 1.29 is 14.4 Å². The summed E-state index contributed by atoms with van der Waals surface area (Å²) in [4.78, 5) is 39.0. The number of carbonyl (C=O) groups is 3. The summed E-state index contributed by atoms with van der Waals surface area (Å²) < 4.78 is 1.42. The molecule has 1 atom stereocenters. The maximum Gasteiger partial charge on any atom is 0.325 e. The van der Waals surface area contributed by atoms with Gasteiger partial charge in [-0.05, 0) is 53.2 Å². The van der Waals surface area contributed by atoms with Crippen molar-refractivity contribution in [1.29, 1.82) is 5.26 Å². The van der Waals surface area contributed by atoms with Gasteiger partial charge in [-0.2, -0.15) is 5.26 Å². The van der Waals surface area contributed by atoms with Crippen LogP contribution >= 0.6 is 11.6 Å². The molecule has 0 radical (unpaired) electrons. The maximum absolute atomic E-state index is 13.1. The number of aromatic nitrogens is 4. The Bertz CT molecular complexity index is 1270. The van der Waals surface area contributed by atoms with Gasteiger partial charge in [-0.15, -0.1) is 5.10 Å². The summed E-state index contributed by atoms with van der Waals surface area (Å²) in [5.74, 6) is -1.18. The summed E-state index contributed by atoms with van der Waals surface area (Å²) in [6.07, 6.45) is 1.41. The number of urea groups is 1. The SMILES string of the molecule is C[C@@]1(c2cccc(-n3cnnn3)c2)NC(=O)N(CC(=O)Nc2ccc(C#N)c(Cl)c2)C1=O. The van der Waals surface area contributed by atoms with Crippen molar-refractivity contribution in [2.45, 2.75) is 12.5 Å². The third-order valence-corrected chi connectivity index (χ3v) is 5.30. The highest BCUT2D eigenvalue weighted by Gasteiger charge is 2.49. The predicted octanol–water partition coefficient (Wildman–Crippen LogP) is 1.59. The minimum absolute atomic E-state index is 0.176. The number of nitrogens with one attached hydrogen (secondary N) is 2. The van der Waals surface area contributed by atoms with Gasteiger partial charge in [-0.3, -0.25) is 14.5 Å². The van der Waals surface area contributed by atoms with Crippen LogP contribution in [0, 0.1) is 11.3 Å². The Hall–Kier alpha value is -4.30. The van der Waals surface area contributed by atoms with Gasteiger partial charge in [-0.25, -0.2) is 9.48 Å². The molecule has 12 heteroatoms.